The number of carbonyl (C=O) groups excluding carboxylic acids is 1. The number of pyridine rings is 1. The number of hydrogen-bond acceptors (Lipinski definition) is 7. The molecule has 2 heterocycles. The van der Waals surface area contributed by atoms with E-state index in [1.807, 2.05) is 0 Å². The summed E-state index contributed by atoms with van der Waals surface area (Å²) in [4.78, 5) is 28.9. The van der Waals surface area contributed by atoms with Gasteiger partial charge in [0.2, 0.25) is 0 Å². The van der Waals surface area contributed by atoms with Gasteiger partial charge in [-0.3, -0.25) is 19.9 Å². The second-order valence-corrected chi connectivity index (χ2v) is 6.56. The number of carbonyl (C=O) groups is 1. The van der Waals surface area contributed by atoms with Crippen LogP contribution < -0.4 is 4.90 Å². The smallest absolute Gasteiger partial charge is 0.311 e. The van der Waals surface area contributed by atoms with Crippen molar-refractivity contribution in [3.05, 3.63) is 28.1 Å². The molecule has 0 bridgehead atoms. The Labute approximate surface area is 147 Å². The molecule has 0 amide bonds. The van der Waals surface area contributed by atoms with Crippen molar-refractivity contribution in [2.45, 2.75) is 39.2 Å². The first-order valence-corrected chi connectivity index (χ1v) is 8.47. The summed E-state index contributed by atoms with van der Waals surface area (Å²) in [6, 6.07) is 1.56. The van der Waals surface area contributed by atoms with Crippen LogP contribution in [0.1, 0.15) is 32.4 Å². The maximum atomic E-state index is 11.6. The highest BCUT2D eigenvalue weighted by molar-refractivity contribution is 5.73. The molecule has 2 rings (SSSR count). The number of rotatable bonds is 7. The van der Waals surface area contributed by atoms with E-state index in [9.17, 15) is 14.9 Å². The molecule has 1 aromatic heterocycles. The van der Waals surface area contributed by atoms with Crippen LogP contribution >= 0.6 is 0 Å². The van der Waals surface area contributed by atoms with E-state index in [-0.39, 0.29) is 18.2 Å². The van der Waals surface area contributed by atoms with Crippen LogP contribution in [-0.4, -0.2) is 48.8 Å². The highest BCUT2D eigenvalue weighted by Crippen LogP contribution is 2.32. The number of ether oxygens (including phenoxy) is 2. The zero-order valence-electron chi connectivity index (χ0n) is 14.9. The second kappa shape index (κ2) is 8.75. The van der Waals surface area contributed by atoms with Crippen LogP contribution in [0.4, 0.5) is 11.4 Å². The molecule has 138 valence electrons. The summed E-state index contributed by atoms with van der Waals surface area (Å²) in [5, 5.41) is 11.6. The number of nitro groups is 1. The van der Waals surface area contributed by atoms with Gasteiger partial charge in [-0.2, -0.15) is 0 Å². The Morgan fingerprint density at radius 2 is 2.16 bits per heavy atom. The van der Waals surface area contributed by atoms with Gasteiger partial charge in [-0.15, -0.1) is 0 Å². The number of methoxy groups -OCH3 is 1. The van der Waals surface area contributed by atoms with Crippen LogP contribution in [0.15, 0.2) is 12.3 Å². The van der Waals surface area contributed by atoms with Crippen LogP contribution in [0.25, 0.3) is 0 Å². The van der Waals surface area contributed by atoms with Crippen molar-refractivity contribution in [1.82, 2.24) is 4.98 Å². The summed E-state index contributed by atoms with van der Waals surface area (Å²) in [7, 11) is 1.28. The maximum Gasteiger partial charge on any atom is 0.311 e. The van der Waals surface area contributed by atoms with Gasteiger partial charge in [-0.1, -0.05) is 13.8 Å². The standard InChI is InChI=1S/C17H25N3O5/c1-12(2)11-19(14-4-6-25-7-5-14)16-10-18-13(9-17(21)24-3)8-15(16)20(22)23/h8,10,12,14H,4-7,9,11H2,1-3H3. The molecule has 0 aromatic carbocycles. The largest absolute Gasteiger partial charge is 0.469 e. The molecule has 0 spiro atoms. The first kappa shape index (κ1) is 19.1. The maximum absolute atomic E-state index is 11.6. The highest BCUT2D eigenvalue weighted by Gasteiger charge is 2.29. The third kappa shape index (κ3) is 5.12. The van der Waals surface area contributed by atoms with E-state index in [4.69, 9.17) is 4.74 Å². The minimum atomic E-state index is -0.474. The molecule has 1 saturated heterocycles. The molecule has 1 aliphatic rings. The van der Waals surface area contributed by atoms with E-state index in [0.717, 1.165) is 12.8 Å². The predicted octanol–water partition coefficient (Wildman–Crippen LogP) is 2.35. The lowest BCUT2D eigenvalue weighted by atomic mass is 10.0. The predicted molar refractivity (Wildman–Crippen MR) is 92.6 cm³/mol. The average molecular weight is 351 g/mol. The van der Waals surface area contributed by atoms with Gasteiger partial charge in [-0.25, -0.2) is 0 Å². The molecule has 8 nitrogen and oxygen atoms in total. The van der Waals surface area contributed by atoms with E-state index in [1.165, 1.54) is 19.4 Å². The molecule has 0 radical (unpaired) electrons. The van der Waals surface area contributed by atoms with Crippen LogP contribution in [-0.2, 0) is 20.7 Å². The molecule has 25 heavy (non-hydrogen) atoms. The number of esters is 1. The zero-order valence-corrected chi connectivity index (χ0v) is 14.9. The number of hydrogen-bond donors (Lipinski definition) is 0. The lowest BCUT2D eigenvalue weighted by molar-refractivity contribution is -0.384. The molecule has 8 heteroatoms. The molecular formula is C17H25N3O5. The third-order valence-corrected chi connectivity index (χ3v) is 4.17. The Hall–Kier alpha value is -2.22. The van der Waals surface area contributed by atoms with Gasteiger partial charge in [0, 0.05) is 31.9 Å². The van der Waals surface area contributed by atoms with Crippen molar-refractivity contribution in [1.29, 1.82) is 0 Å². The Bertz CT molecular complexity index is 614. The SMILES string of the molecule is COC(=O)Cc1cc([N+](=O)[O-])c(N(CC(C)C)C2CCOCC2)cn1. The van der Waals surface area contributed by atoms with Crippen LogP contribution in [0, 0.1) is 16.0 Å². The lowest BCUT2D eigenvalue weighted by Gasteiger charge is -2.36. The van der Waals surface area contributed by atoms with Gasteiger partial charge in [0.15, 0.2) is 0 Å². The quantitative estimate of drug-likeness (QED) is 0.423. The van der Waals surface area contributed by atoms with Gasteiger partial charge in [-0.05, 0) is 18.8 Å². The van der Waals surface area contributed by atoms with Gasteiger partial charge in [0.1, 0.15) is 5.69 Å². The molecule has 0 N–H and O–H groups in total. The Morgan fingerprint density at radius 3 is 2.72 bits per heavy atom. The fourth-order valence-electron chi connectivity index (χ4n) is 3.00. The summed E-state index contributed by atoms with van der Waals surface area (Å²) in [5.41, 5.74) is 0.805. The molecule has 1 aliphatic heterocycles. The van der Waals surface area contributed by atoms with Crippen LogP contribution in [0.5, 0.6) is 0 Å². The van der Waals surface area contributed by atoms with E-state index < -0.39 is 10.9 Å². The molecule has 0 aliphatic carbocycles. The first-order chi connectivity index (χ1) is 11.9. The fourth-order valence-corrected chi connectivity index (χ4v) is 3.00. The van der Waals surface area contributed by atoms with E-state index in [2.05, 4.69) is 28.5 Å². The van der Waals surface area contributed by atoms with Gasteiger partial charge in [0.25, 0.3) is 5.69 Å². The Kier molecular flexibility index (Phi) is 6.69. The third-order valence-electron chi connectivity index (χ3n) is 4.17. The minimum Gasteiger partial charge on any atom is -0.469 e. The molecule has 1 fully saturated rings. The van der Waals surface area contributed by atoms with Crippen LogP contribution in [0.2, 0.25) is 0 Å². The zero-order chi connectivity index (χ0) is 18.4. The van der Waals surface area contributed by atoms with Crippen LogP contribution in [0.3, 0.4) is 0 Å². The molecule has 0 atom stereocenters. The van der Waals surface area contributed by atoms with Crippen molar-refractivity contribution in [3.8, 4) is 0 Å². The van der Waals surface area contributed by atoms with E-state index >= 15 is 0 Å². The molecule has 0 saturated carbocycles. The summed E-state index contributed by atoms with van der Waals surface area (Å²) in [6.45, 7) is 6.17. The summed E-state index contributed by atoms with van der Waals surface area (Å²) in [5.74, 6) is -0.129. The van der Waals surface area contributed by atoms with Crippen molar-refractivity contribution in [2.75, 3.05) is 31.8 Å². The number of nitrogens with zero attached hydrogens (tertiary/aromatic N) is 3. The monoisotopic (exact) mass is 351 g/mol. The molecule has 0 unspecified atom stereocenters. The molecular weight excluding hydrogens is 326 g/mol. The van der Waals surface area contributed by atoms with Crippen molar-refractivity contribution >= 4 is 17.3 Å². The van der Waals surface area contributed by atoms with Crippen molar-refractivity contribution < 1.29 is 19.2 Å². The minimum absolute atomic E-state index is 0.0268. The first-order valence-electron chi connectivity index (χ1n) is 8.47. The van der Waals surface area contributed by atoms with Gasteiger partial charge < -0.3 is 14.4 Å². The topological polar surface area (TPSA) is 94.8 Å². The highest BCUT2D eigenvalue weighted by atomic mass is 16.6. The summed E-state index contributed by atoms with van der Waals surface area (Å²) >= 11 is 0. The van der Waals surface area contributed by atoms with Crippen molar-refractivity contribution in [2.24, 2.45) is 5.92 Å². The summed E-state index contributed by atoms with van der Waals surface area (Å²) in [6.07, 6.45) is 3.08. The normalized spacial score (nSPS) is 15.2. The van der Waals surface area contributed by atoms with Gasteiger partial charge >= 0.3 is 5.97 Å². The number of aromatic nitrogens is 1. The average Bonchev–Trinajstić information content (AvgIpc) is 2.60. The second-order valence-electron chi connectivity index (χ2n) is 6.56. The Balaban J connectivity index is 2.37. The van der Waals surface area contributed by atoms with Crippen molar-refractivity contribution in [3.63, 3.8) is 0 Å². The van der Waals surface area contributed by atoms with Gasteiger partial charge in [0.05, 0.1) is 30.3 Å². The Morgan fingerprint density at radius 1 is 1.48 bits per heavy atom. The fraction of sp³-hybridized carbons (Fsp3) is 0.647. The molecule has 1 aromatic rings. The number of anilines is 1. The van der Waals surface area contributed by atoms with E-state index in [1.54, 1.807) is 0 Å². The van der Waals surface area contributed by atoms with E-state index in [0.29, 0.717) is 37.1 Å². The summed E-state index contributed by atoms with van der Waals surface area (Å²) < 4.78 is 10.0. The lowest BCUT2D eigenvalue weighted by Crippen LogP contribution is -2.42.